The lowest BCUT2D eigenvalue weighted by molar-refractivity contribution is -0.141. The fourth-order valence-electron chi connectivity index (χ4n) is 8.12. The number of hydrogen-bond acceptors (Lipinski definition) is 8. The lowest BCUT2D eigenvalue weighted by atomic mass is 9.77. The van der Waals surface area contributed by atoms with E-state index in [1.54, 1.807) is 28.1 Å². The van der Waals surface area contributed by atoms with Crippen LogP contribution >= 0.6 is 11.8 Å². The first-order chi connectivity index (χ1) is 26.4. The Morgan fingerprint density at radius 3 is 2.35 bits per heavy atom. The molecule has 278 valence electrons. The van der Waals surface area contributed by atoms with Gasteiger partial charge < -0.3 is 19.9 Å². The average molecular weight is 747 g/mol. The summed E-state index contributed by atoms with van der Waals surface area (Å²) >= 11 is 1.40. The largest absolute Gasteiger partial charge is 0.378 e. The van der Waals surface area contributed by atoms with Crippen molar-refractivity contribution in [2.24, 2.45) is 4.99 Å². The zero-order valence-corrected chi connectivity index (χ0v) is 30.8. The summed E-state index contributed by atoms with van der Waals surface area (Å²) in [5.74, 6) is -0.700. The number of likely N-dealkylation sites (tertiary alicyclic amines) is 1. The van der Waals surface area contributed by atoms with Gasteiger partial charge in [-0.25, -0.2) is 9.38 Å². The average Bonchev–Trinajstić information content (AvgIpc) is 3.98. The Bertz CT molecular complexity index is 2000. The number of thioether (sulfide) groups is 1. The molecule has 54 heavy (non-hydrogen) atoms. The highest BCUT2D eigenvalue weighted by molar-refractivity contribution is 8.15. The standard InChI is InChI=1S/C42H43FN6O4S/c43-31-12-10-30(11-13-31)42(20-2-3-21-42)40(52)48-23-5-7-36(48)38(50)45-32-14-8-29(9-15-32)37-39(51)49(28-34-6-1-4-22-44-34)41(54-37)46-33-16-18-35(19-17-33)47-24-26-53-27-25-47/h1,4,6,8-19,22,36-37H,2-3,5,7,20-21,23-28H2,(H,45,50)/t36-,37?/m0/s1. The Hall–Kier alpha value is -5.07. The van der Waals surface area contributed by atoms with Crippen molar-refractivity contribution >= 4 is 51.7 Å². The molecular formula is C42H43FN6O4S. The molecular weight excluding hydrogens is 704 g/mol. The van der Waals surface area contributed by atoms with E-state index in [0.717, 1.165) is 60.5 Å². The number of hydrogen-bond donors (Lipinski definition) is 1. The van der Waals surface area contributed by atoms with Crippen LogP contribution in [-0.2, 0) is 31.1 Å². The molecule has 1 aromatic heterocycles. The number of nitrogens with zero attached hydrogens (tertiary/aromatic N) is 5. The number of pyridine rings is 1. The van der Waals surface area contributed by atoms with E-state index in [4.69, 9.17) is 9.73 Å². The van der Waals surface area contributed by atoms with Crippen molar-refractivity contribution < 1.29 is 23.5 Å². The van der Waals surface area contributed by atoms with Crippen LogP contribution < -0.4 is 10.2 Å². The van der Waals surface area contributed by atoms with Gasteiger partial charge in [0.2, 0.25) is 17.7 Å². The van der Waals surface area contributed by atoms with Gasteiger partial charge in [0, 0.05) is 37.2 Å². The van der Waals surface area contributed by atoms with Gasteiger partial charge in [-0.3, -0.25) is 24.3 Å². The van der Waals surface area contributed by atoms with Gasteiger partial charge >= 0.3 is 0 Å². The second-order valence-electron chi connectivity index (χ2n) is 14.3. The monoisotopic (exact) mass is 746 g/mol. The number of carbonyl (C=O) groups is 3. The van der Waals surface area contributed by atoms with Crippen molar-refractivity contribution in [3.05, 3.63) is 120 Å². The third-order valence-corrected chi connectivity index (χ3v) is 12.2. The van der Waals surface area contributed by atoms with Gasteiger partial charge in [-0.05, 0) is 97.5 Å². The van der Waals surface area contributed by atoms with E-state index in [1.807, 2.05) is 54.6 Å². The minimum atomic E-state index is -0.733. The van der Waals surface area contributed by atoms with E-state index in [0.29, 0.717) is 56.4 Å². The SMILES string of the molecule is O=C(Nc1ccc(C2SC(=Nc3ccc(N4CCOCC4)cc3)N(Cc3ccccn3)C2=O)cc1)[C@@H]1CCCN1C(=O)C1(c2ccc(F)cc2)CCCC1. The molecule has 3 amide bonds. The first-order valence-corrected chi connectivity index (χ1v) is 19.6. The molecule has 1 unspecified atom stereocenters. The van der Waals surface area contributed by atoms with Crippen molar-refractivity contribution in [3.8, 4) is 0 Å². The number of benzene rings is 3. The van der Waals surface area contributed by atoms with Gasteiger partial charge in [0.1, 0.15) is 17.1 Å². The van der Waals surface area contributed by atoms with Crippen LogP contribution in [0.15, 0.2) is 102 Å². The van der Waals surface area contributed by atoms with Crippen LogP contribution in [0.25, 0.3) is 0 Å². The van der Waals surface area contributed by atoms with Crippen molar-refractivity contribution in [2.45, 2.75) is 61.8 Å². The topological polar surface area (TPSA) is 107 Å². The number of amides is 3. The smallest absolute Gasteiger partial charge is 0.247 e. The Morgan fingerprint density at radius 1 is 0.907 bits per heavy atom. The lowest BCUT2D eigenvalue weighted by Gasteiger charge is -2.35. The molecule has 4 aromatic rings. The number of halogens is 1. The number of morpholine rings is 1. The number of amidine groups is 1. The summed E-state index contributed by atoms with van der Waals surface area (Å²) in [4.78, 5) is 57.0. The summed E-state index contributed by atoms with van der Waals surface area (Å²) in [6.07, 6.45) is 6.24. The molecule has 0 radical (unpaired) electrons. The molecule has 4 fully saturated rings. The molecule has 10 nitrogen and oxygen atoms in total. The summed E-state index contributed by atoms with van der Waals surface area (Å²) in [6.45, 7) is 3.91. The minimum Gasteiger partial charge on any atom is -0.378 e. The summed E-state index contributed by atoms with van der Waals surface area (Å²) in [5.41, 5.74) is 4.10. The van der Waals surface area contributed by atoms with Crippen molar-refractivity contribution in [1.82, 2.24) is 14.8 Å². The molecule has 0 bridgehead atoms. The molecule has 1 aliphatic carbocycles. The molecule has 4 heterocycles. The summed E-state index contributed by atoms with van der Waals surface area (Å²) in [7, 11) is 0. The number of aromatic nitrogens is 1. The van der Waals surface area contributed by atoms with E-state index >= 15 is 0 Å². The second kappa shape index (κ2) is 15.7. The molecule has 8 rings (SSSR count). The van der Waals surface area contributed by atoms with Crippen molar-refractivity contribution in [1.29, 1.82) is 0 Å². The van der Waals surface area contributed by atoms with Gasteiger partial charge in [-0.1, -0.05) is 54.9 Å². The predicted molar refractivity (Wildman–Crippen MR) is 208 cm³/mol. The molecule has 3 aromatic carbocycles. The Balaban J connectivity index is 0.971. The third kappa shape index (κ3) is 7.37. The molecule has 3 saturated heterocycles. The van der Waals surface area contributed by atoms with E-state index in [1.165, 1.54) is 23.9 Å². The quantitative estimate of drug-likeness (QED) is 0.197. The van der Waals surface area contributed by atoms with Crippen LogP contribution in [0.1, 0.15) is 60.6 Å². The van der Waals surface area contributed by atoms with E-state index < -0.39 is 16.7 Å². The van der Waals surface area contributed by atoms with Gasteiger partial charge in [0.05, 0.1) is 36.6 Å². The maximum atomic E-state index is 14.2. The van der Waals surface area contributed by atoms with Crippen LogP contribution in [0.2, 0.25) is 0 Å². The fraction of sp³-hybridized carbons (Fsp3) is 0.357. The third-order valence-electron chi connectivity index (χ3n) is 11.0. The van der Waals surface area contributed by atoms with Crippen LogP contribution in [0.4, 0.5) is 21.5 Å². The number of aliphatic imine (C=N–C) groups is 1. The van der Waals surface area contributed by atoms with Crippen molar-refractivity contribution in [3.63, 3.8) is 0 Å². The highest BCUT2D eigenvalue weighted by Crippen LogP contribution is 2.44. The number of nitrogens with one attached hydrogen (secondary N) is 1. The highest BCUT2D eigenvalue weighted by Gasteiger charge is 2.48. The van der Waals surface area contributed by atoms with Gasteiger partial charge in [-0.15, -0.1) is 0 Å². The lowest BCUT2D eigenvalue weighted by Crippen LogP contribution is -2.51. The molecule has 3 aliphatic heterocycles. The number of ether oxygens (including phenoxy) is 1. The van der Waals surface area contributed by atoms with Gasteiger partial charge in [-0.2, -0.15) is 0 Å². The number of carbonyl (C=O) groups excluding carboxylic acids is 3. The van der Waals surface area contributed by atoms with E-state index in [2.05, 4.69) is 27.3 Å². The van der Waals surface area contributed by atoms with Crippen molar-refractivity contribution in [2.75, 3.05) is 43.1 Å². The molecule has 12 heteroatoms. The molecule has 4 aliphatic rings. The maximum Gasteiger partial charge on any atom is 0.247 e. The Morgan fingerprint density at radius 2 is 1.65 bits per heavy atom. The maximum absolute atomic E-state index is 14.2. The molecule has 1 saturated carbocycles. The second-order valence-corrected chi connectivity index (χ2v) is 15.4. The number of rotatable bonds is 9. The van der Waals surface area contributed by atoms with Crippen LogP contribution in [-0.4, -0.2) is 76.6 Å². The summed E-state index contributed by atoms with van der Waals surface area (Å²) < 4.78 is 19.3. The predicted octanol–water partition coefficient (Wildman–Crippen LogP) is 7.00. The number of anilines is 2. The van der Waals surface area contributed by atoms with Gasteiger partial charge in [0.25, 0.3) is 0 Å². The van der Waals surface area contributed by atoms with E-state index in [9.17, 15) is 18.8 Å². The molecule has 1 N–H and O–H groups in total. The Labute approximate surface area is 318 Å². The van der Waals surface area contributed by atoms with E-state index in [-0.39, 0.29) is 23.5 Å². The first kappa shape index (κ1) is 35.9. The van der Waals surface area contributed by atoms with Gasteiger partial charge in [0.15, 0.2) is 5.17 Å². The Kier molecular flexibility index (Phi) is 10.5. The highest BCUT2D eigenvalue weighted by atomic mass is 32.2. The fourth-order valence-corrected chi connectivity index (χ4v) is 9.29. The minimum absolute atomic E-state index is 0.0443. The first-order valence-electron chi connectivity index (χ1n) is 18.8. The summed E-state index contributed by atoms with van der Waals surface area (Å²) in [5, 5.41) is 3.10. The zero-order chi connectivity index (χ0) is 37.1. The van der Waals surface area contributed by atoms with Crippen LogP contribution in [0, 0.1) is 5.82 Å². The van der Waals surface area contributed by atoms with Crippen LogP contribution in [0.3, 0.4) is 0 Å². The normalized spacial score (nSPS) is 21.9. The molecule has 0 spiro atoms. The zero-order valence-electron chi connectivity index (χ0n) is 30.0. The van der Waals surface area contributed by atoms with Crippen LogP contribution in [0.5, 0.6) is 0 Å². The molecule has 2 atom stereocenters. The summed E-state index contributed by atoms with van der Waals surface area (Å²) in [6, 6.07) is 26.7.